The molecule has 1 heterocycles. The summed E-state index contributed by atoms with van der Waals surface area (Å²) < 4.78 is 51.7. The van der Waals surface area contributed by atoms with Crippen molar-refractivity contribution in [3.05, 3.63) is 53.6 Å². The molecule has 146 valence electrons. The molecule has 1 aromatic heterocycles. The highest BCUT2D eigenvalue weighted by atomic mass is 19.4. The van der Waals surface area contributed by atoms with E-state index in [-0.39, 0.29) is 18.0 Å². The number of carbonyl (C=O) groups is 1. The summed E-state index contributed by atoms with van der Waals surface area (Å²) in [6, 6.07) is 8.38. The van der Waals surface area contributed by atoms with Crippen molar-refractivity contribution in [2.24, 2.45) is 12.0 Å². The zero-order valence-electron chi connectivity index (χ0n) is 14.9. The maximum Gasteiger partial charge on any atom is 0.432 e. The Kier molecular flexibility index (Phi) is 5.94. The third-order valence-electron chi connectivity index (χ3n) is 3.84. The average Bonchev–Trinajstić information content (AvgIpc) is 2.62. The molecule has 0 saturated carbocycles. The van der Waals surface area contributed by atoms with Gasteiger partial charge in [-0.2, -0.15) is 13.2 Å². The number of halogens is 3. The molecule has 0 fully saturated rings. The molecule has 0 aliphatic heterocycles. The summed E-state index contributed by atoms with van der Waals surface area (Å²) >= 11 is 0. The lowest BCUT2D eigenvalue weighted by Gasteiger charge is -2.28. The Morgan fingerprint density at radius 1 is 1.26 bits per heavy atom. The zero-order chi connectivity index (χ0) is 20.2. The fourth-order valence-electron chi connectivity index (χ4n) is 2.38. The molecule has 1 N–H and O–H groups in total. The molecule has 0 radical (unpaired) electrons. The van der Waals surface area contributed by atoms with Crippen molar-refractivity contribution in [3.63, 3.8) is 0 Å². The molecule has 1 aromatic carbocycles. The maximum absolute atomic E-state index is 13.5. The number of ether oxygens (including phenoxy) is 2. The summed E-state index contributed by atoms with van der Waals surface area (Å²) in [5.74, 6) is -1.85. The van der Waals surface area contributed by atoms with Crippen LogP contribution in [0.4, 0.5) is 18.9 Å². The van der Waals surface area contributed by atoms with Crippen molar-refractivity contribution in [3.8, 4) is 5.75 Å². The minimum absolute atomic E-state index is 0.0386. The molecule has 0 spiro atoms. The van der Waals surface area contributed by atoms with Crippen LogP contribution >= 0.6 is 0 Å². The highest BCUT2D eigenvalue weighted by Crippen LogP contribution is 2.42. The number of aliphatic hydroxyl groups is 1. The third-order valence-corrected chi connectivity index (χ3v) is 3.84. The Morgan fingerprint density at radius 2 is 1.96 bits per heavy atom. The van der Waals surface area contributed by atoms with Gasteiger partial charge in [0.25, 0.3) is 5.60 Å². The highest BCUT2D eigenvalue weighted by molar-refractivity contribution is 5.82. The molecule has 0 bridgehead atoms. The van der Waals surface area contributed by atoms with Crippen LogP contribution < -0.4 is 10.2 Å². The normalized spacial score (nSPS) is 14.6. The number of carbonyl (C=O) groups excluding carboxylic acids is 1. The molecule has 6 nitrogen and oxygen atoms in total. The van der Waals surface area contributed by atoms with Crippen LogP contribution in [0.5, 0.6) is 5.75 Å². The molecule has 27 heavy (non-hydrogen) atoms. The monoisotopic (exact) mass is 384 g/mol. The van der Waals surface area contributed by atoms with Crippen LogP contribution in [0, 0.1) is 0 Å². The van der Waals surface area contributed by atoms with Crippen LogP contribution in [0.1, 0.15) is 12.5 Å². The van der Waals surface area contributed by atoms with Gasteiger partial charge in [0, 0.05) is 18.8 Å². The smallest absolute Gasteiger partial charge is 0.432 e. The number of rotatable bonds is 5. The molecule has 0 saturated heterocycles. The van der Waals surface area contributed by atoms with Crippen LogP contribution in [0.25, 0.3) is 0 Å². The van der Waals surface area contributed by atoms with Crippen LogP contribution in [0.2, 0.25) is 0 Å². The van der Waals surface area contributed by atoms with Crippen molar-refractivity contribution < 1.29 is 32.5 Å². The average molecular weight is 384 g/mol. The second-order valence-corrected chi connectivity index (χ2v) is 5.60. The molecule has 2 aromatic rings. The first-order valence-corrected chi connectivity index (χ1v) is 7.96. The molecule has 0 amide bonds. The Morgan fingerprint density at radius 3 is 2.52 bits per heavy atom. The van der Waals surface area contributed by atoms with Gasteiger partial charge in [-0.1, -0.05) is 12.1 Å². The first-order valence-electron chi connectivity index (χ1n) is 7.96. The number of esters is 1. The Hall–Kier alpha value is -2.81. The number of alkyl halides is 3. The van der Waals surface area contributed by atoms with E-state index < -0.39 is 23.3 Å². The number of aryl methyl sites for hydroxylation is 1. The minimum atomic E-state index is -5.28. The molecular formula is C18H19F3N2O4. The van der Waals surface area contributed by atoms with E-state index in [1.807, 2.05) is 0 Å². The summed E-state index contributed by atoms with van der Waals surface area (Å²) in [5, 5.41) is 10.2. The van der Waals surface area contributed by atoms with E-state index in [9.17, 15) is 23.1 Å². The number of hydrogen-bond donors (Lipinski definition) is 1. The lowest BCUT2D eigenvalue weighted by molar-refractivity contribution is -0.267. The van der Waals surface area contributed by atoms with E-state index in [4.69, 9.17) is 4.74 Å². The SMILES string of the molecule is CCOC(=O)[C@](O)(c1ccc(N=c2ccccn2C)c(OC)c1)C(F)(F)F. The Labute approximate surface area is 153 Å². The third kappa shape index (κ3) is 3.97. The standard InChI is InChI=1S/C18H19F3N2O4/c1-4-27-16(24)17(25,18(19,20)21)12-8-9-13(14(11-12)26-3)22-15-7-5-6-10-23(15)2/h5-11,25H,4H2,1-3H3/t17-/m1/s1. The number of pyridine rings is 1. The van der Waals surface area contributed by atoms with E-state index >= 15 is 0 Å². The second-order valence-electron chi connectivity index (χ2n) is 5.60. The Bertz CT molecular complexity index is 893. The molecule has 1 atom stereocenters. The van der Waals surface area contributed by atoms with Gasteiger partial charge in [-0.25, -0.2) is 9.79 Å². The molecule has 0 aliphatic rings. The van der Waals surface area contributed by atoms with Crippen LogP contribution in [-0.2, 0) is 22.2 Å². The predicted molar refractivity (Wildman–Crippen MR) is 90.2 cm³/mol. The second kappa shape index (κ2) is 7.83. The molecule has 0 unspecified atom stereocenters. The fraction of sp³-hybridized carbons (Fsp3) is 0.333. The number of benzene rings is 1. The van der Waals surface area contributed by atoms with Gasteiger partial charge in [0.1, 0.15) is 16.9 Å². The first-order chi connectivity index (χ1) is 12.6. The summed E-state index contributed by atoms with van der Waals surface area (Å²) in [6.07, 6.45) is -3.53. The summed E-state index contributed by atoms with van der Waals surface area (Å²) in [5.41, 5.74) is -3.77. The van der Waals surface area contributed by atoms with Crippen molar-refractivity contribution in [1.82, 2.24) is 4.57 Å². The van der Waals surface area contributed by atoms with Gasteiger partial charge in [0.05, 0.1) is 13.7 Å². The van der Waals surface area contributed by atoms with E-state index in [0.717, 1.165) is 12.1 Å². The summed E-state index contributed by atoms with van der Waals surface area (Å²) in [7, 11) is 3.00. The molecule has 9 heteroatoms. The zero-order valence-corrected chi connectivity index (χ0v) is 14.9. The van der Waals surface area contributed by atoms with Crippen molar-refractivity contribution >= 4 is 11.7 Å². The van der Waals surface area contributed by atoms with Gasteiger partial charge in [-0.3, -0.25) is 0 Å². The number of methoxy groups -OCH3 is 1. The van der Waals surface area contributed by atoms with E-state index in [1.54, 1.807) is 36.0 Å². The minimum Gasteiger partial charge on any atom is -0.494 e. The van der Waals surface area contributed by atoms with Crippen molar-refractivity contribution in [1.29, 1.82) is 0 Å². The van der Waals surface area contributed by atoms with Crippen molar-refractivity contribution in [2.45, 2.75) is 18.7 Å². The van der Waals surface area contributed by atoms with Gasteiger partial charge >= 0.3 is 12.1 Å². The van der Waals surface area contributed by atoms with E-state index in [0.29, 0.717) is 5.49 Å². The molecular weight excluding hydrogens is 365 g/mol. The van der Waals surface area contributed by atoms with Crippen LogP contribution in [0.3, 0.4) is 0 Å². The Balaban J connectivity index is 2.62. The highest BCUT2D eigenvalue weighted by Gasteiger charge is 2.62. The topological polar surface area (TPSA) is 73.0 Å². The van der Waals surface area contributed by atoms with Gasteiger partial charge in [-0.15, -0.1) is 0 Å². The van der Waals surface area contributed by atoms with Crippen molar-refractivity contribution in [2.75, 3.05) is 13.7 Å². The van der Waals surface area contributed by atoms with Gasteiger partial charge in [0.15, 0.2) is 0 Å². The summed E-state index contributed by atoms with van der Waals surface area (Å²) in [6.45, 7) is 1.03. The van der Waals surface area contributed by atoms with Crippen LogP contribution in [-0.4, -0.2) is 35.5 Å². The maximum atomic E-state index is 13.5. The lowest BCUT2D eigenvalue weighted by atomic mass is 9.92. The quantitative estimate of drug-likeness (QED) is 0.805. The largest absolute Gasteiger partial charge is 0.494 e. The van der Waals surface area contributed by atoms with Gasteiger partial charge < -0.3 is 19.1 Å². The first kappa shape index (κ1) is 20.5. The van der Waals surface area contributed by atoms with Gasteiger partial charge in [-0.05, 0) is 31.2 Å². The van der Waals surface area contributed by atoms with E-state index in [1.165, 1.54) is 20.1 Å². The number of aromatic nitrogens is 1. The van der Waals surface area contributed by atoms with E-state index in [2.05, 4.69) is 9.73 Å². The van der Waals surface area contributed by atoms with Gasteiger partial charge in [0.2, 0.25) is 0 Å². The molecule has 0 aliphatic carbocycles. The predicted octanol–water partition coefficient (Wildman–Crippen LogP) is 2.58. The lowest BCUT2D eigenvalue weighted by Crippen LogP contribution is -2.50. The van der Waals surface area contributed by atoms with Crippen LogP contribution in [0.15, 0.2) is 47.6 Å². The summed E-state index contributed by atoms with van der Waals surface area (Å²) in [4.78, 5) is 16.2. The fourth-order valence-corrected chi connectivity index (χ4v) is 2.38. The molecule has 2 rings (SSSR count). The number of hydrogen-bond acceptors (Lipinski definition) is 5. The number of nitrogens with zero attached hydrogens (tertiary/aromatic N) is 2.